The van der Waals surface area contributed by atoms with Gasteiger partial charge in [0.1, 0.15) is 6.04 Å². The Kier molecular flexibility index (Phi) is 10.3. The number of carbonyl (C=O) groups is 2. The van der Waals surface area contributed by atoms with E-state index in [4.69, 9.17) is 0 Å². The second-order valence-electron chi connectivity index (χ2n) is 9.28. The van der Waals surface area contributed by atoms with Gasteiger partial charge in [0, 0.05) is 25.6 Å². The maximum absolute atomic E-state index is 13.3. The first kappa shape index (κ1) is 28.4. The van der Waals surface area contributed by atoms with E-state index in [2.05, 4.69) is 5.32 Å². The molecule has 2 rings (SSSR count). The van der Waals surface area contributed by atoms with Crippen molar-refractivity contribution in [2.75, 3.05) is 17.1 Å². The third-order valence-corrected chi connectivity index (χ3v) is 7.28. The first-order chi connectivity index (χ1) is 16.4. The minimum atomic E-state index is -3.51. The second-order valence-corrected chi connectivity index (χ2v) is 11.2. The maximum atomic E-state index is 13.3. The fraction of sp³-hybridized carbons (Fsp3) is 0.481. The minimum absolute atomic E-state index is 0.0129. The van der Waals surface area contributed by atoms with Crippen LogP contribution in [0.4, 0.5) is 5.69 Å². The van der Waals surface area contributed by atoms with Crippen LogP contribution in [0.15, 0.2) is 48.5 Å². The molecule has 8 heteroatoms. The van der Waals surface area contributed by atoms with Crippen molar-refractivity contribution in [2.24, 2.45) is 0 Å². The highest BCUT2D eigenvalue weighted by atomic mass is 32.2. The van der Waals surface area contributed by atoms with E-state index in [0.717, 1.165) is 23.1 Å². The molecule has 35 heavy (non-hydrogen) atoms. The fourth-order valence-corrected chi connectivity index (χ4v) is 4.68. The van der Waals surface area contributed by atoms with Crippen LogP contribution in [-0.2, 0) is 26.2 Å². The lowest BCUT2D eigenvalue weighted by atomic mass is 10.1. The summed E-state index contributed by atoms with van der Waals surface area (Å²) in [7, 11) is -3.51. The summed E-state index contributed by atoms with van der Waals surface area (Å²) < 4.78 is 26.2. The molecule has 0 aliphatic carbocycles. The molecule has 0 unspecified atom stereocenters. The van der Waals surface area contributed by atoms with Crippen molar-refractivity contribution >= 4 is 27.5 Å². The van der Waals surface area contributed by atoms with Crippen molar-refractivity contribution in [3.63, 3.8) is 0 Å². The maximum Gasteiger partial charge on any atom is 0.242 e. The summed E-state index contributed by atoms with van der Waals surface area (Å²) >= 11 is 0. The standard InChI is InChI=1S/C27H39N3O4S/c1-7-22(4)28-27(32)23(5)29(19-24-15-13-20(2)14-16-24)26(31)12-9-17-30(35(6,33)34)25-11-8-10-21(3)18-25/h8,10-11,13-16,18,22-23H,7,9,12,17,19H2,1-6H3,(H,28,32)/t22-,23+/m1/s1. The van der Waals surface area contributed by atoms with Crippen LogP contribution in [0.1, 0.15) is 56.7 Å². The normalized spacial score (nSPS) is 13.1. The van der Waals surface area contributed by atoms with E-state index in [0.29, 0.717) is 18.7 Å². The lowest BCUT2D eigenvalue weighted by molar-refractivity contribution is -0.140. The van der Waals surface area contributed by atoms with Gasteiger partial charge in [-0.05, 0) is 63.8 Å². The largest absolute Gasteiger partial charge is 0.352 e. The topological polar surface area (TPSA) is 86.8 Å². The second kappa shape index (κ2) is 12.7. The Bertz CT molecular complexity index is 1100. The molecule has 0 heterocycles. The Morgan fingerprint density at radius 3 is 2.23 bits per heavy atom. The van der Waals surface area contributed by atoms with Gasteiger partial charge in [-0.25, -0.2) is 8.42 Å². The van der Waals surface area contributed by atoms with Crippen LogP contribution in [0.25, 0.3) is 0 Å². The van der Waals surface area contributed by atoms with Crippen LogP contribution in [0.2, 0.25) is 0 Å². The molecule has 0 aliphatic rings. The van der Waals surface area contributed by atoms with Crippen molar-refractivity contribution in [1.82, 2.24) is 10.2 Å². The summed E-state index contributed by atoms with van der Waals surface area (Å²) in [5.41, 5.74) is 3.59. The molecule has 2 amide bonds. The number of aryl methyl sites for hydroxylation is 2. The van der Waals surface area contributed by atoms with E-state index in [9.17, 15) is 18.0 Å². The predicted molar refractivity (Wildman–Crippen MR) is 142 cm³/mol. The minimum Gasteiger partial charge on any atom is -0.352 e. The molecule has 0 radical (unpaired) electrons. The first-order valence-corrected chi connectivity index (χ1v) is 14.0. The number of anilines is 1. The third kappa shape index (κ3) is 8.69. The Labute approximate surface area is 210 Å². The van der Waals surface area contributed by atoms with E-state index in [1.165, 1.54) is 10.6 Å². The average Bonchev–Trinajstić information content (AvgIpc) is 2.79. The van der Waals surface area contributed by atoms with Gasteiger partial charge in [-0.3, -0.25) is 13.9 Å². The number of hydrogen-bond acceptors (Lipinski definition) is 4. The fourth-order valence-electron chi connectivity index (χ4n) is 3.73. The molecule has 2 aromatic carbocycles. The van der Waals surface area contributed by atoms with Crippen molar-refractivity contribution < 1.29 is 18.0 Å². The van der Waals surface area contributed by atoms with Gasteiger partial charge < -0.3 is 10.2 Å². The molecular formula is C27H39N3O4S. The average molecular weight is 502 g/mol. The Hall–Kier alpha value is -2.87. The van der Waals surface area contributed by atoms with Gasteiger partial charge in [0.05, 0.1) is 11.9 Å². The first-order valence-electron chi connectivity index (χ1n) is 12.1. The van der Waals surface area contributed by atoms with Gasteiger partial charge in [-0.15, -0.1) is 0 Å². The molecule has 192 valence electrons. The predicted octanol–water partition coefficient (Wildman–Crippen LogP) is 4.18. The van der Waals surface area contributed by atoms with Crippen LogP contribution >= 0.6 is 0 Å². The summed E-state index contributed by atoms with van der Waals surface area (Å²) in [5, 5.41) is 2.96. The number of nitrogens with one attached hydrogen (secondary N) is 1. The highest BCUT2D eigenvalue weighted by Crippen LogP contribution is 2.20. The number of nitrogens with zero attached hydrogens (tertiary/aromatic N) is 2. The van der Waals surface area contributed by atoms with Crippen LogP contribution < -0.4 is 9.62 Å². The van der Waals surface area contributed by atoms with Crippen LogP contribution in [0.3, 0.4) is 0 Å². The number of amides is 2. The Balaban J connectivity index is 2.16. The Morgan fingerprint density at radius 2 is 1.66 bits per heavy atom. The lowest BCUT2D eigenvalue weighted by Crippen LogP contribution is -2.49. The van der Waals surface area contributed by atoms with Crippen molar-refractivity contribution in [3.8, 4) is 0 Å². The summed E-state index contributed by atoms with van der Waals surface area (Å²) in [6.07, 6.45) is 2.43. The van der Waals surface area contributed by atoms with Gasteiger partial charge in [0.2, 0.25) is 21.8 Å². The van der Waals surface area contributed by atoms with Crippen LogP contribution in [0.5, 0.6) is 0 Å². The molecular weight excluding hydrogens is 462 g/mol. The van der Waals surface area contributed by atoms with Crippen LogP contribution in [0, 0.1) is 13.8 Å². The summed E-state index contributed by atoms with van der Waals surface area (Å²) in [4.78, 5) is 27.7. The molecule has 0 aromatic heterocycles. The van der Waals surface area contributed by atoms with Gasteiger partial charge in [-0.1, -0.05) is 48.9 Å². The zero-order valence-electron chi connectivity index (χ0n) is 21.7. The van der Waals surface area contributed by atoms with Crippen molar-refractivity contribution in [3.05, 3.63) is 65.2 Å². The van der Waals surface area contributed by atoms with E-state index >= 15 is 0 Å². The van der Waals surface area contributed by atoms with Gasteiger partial charge in [-0.2, -0.15) is 0 Å². The van der Waals surface area contributed by atoms with Crippen LogP contribution in [-0.4, -0.2) is 50.0 Å². The number of rotatable bonds is 12. The molecule has 0 spiro atoms. The van der Waals surface area contributed by atoms with E-state index in [-0.39, 0.29) is 30.8 Å². The molecule has 2 aromatic rings. The highest BCUT2D eigenvalue weighted by molar-refractivity contribution is 7.92. The molecule has 7 nitrogen and oxygen atoms in total. The van der Waals surface area contributed by atoms with Gasteiger partial charge >= 0.3 is 0 Å². The van der Waals surface area contributed by atoms with E-state index in [1.807, 2.05) is 70.2 Å². The SMILES string of the molecule is CC[C@@H](C)NC(=O)[C@H](C)N(Cc1ccc(C)cc1)C(=O)CCCN(c1cccc(C)c1)S(C)(=O)=O. The number of carbonyl (C=O) groups excluding carboxylic acids is 2. The molecule has 2 atom stereocenters. The number of benzene rings is 2. The van der Waals surface area contributed by atoms with E-state index in [1.54, 1.807) is 17.9 Å². The monoisotopic (exact) mass is 501 g/mol. The molecule has 0 saturated carbocycles. The quantitative estimate of drug-likeness (QED) is 0.473. The number of hydrogen-bond donors (Lipinski definition) is 1. The molecule has 0 fully saturated rings. The highest BCUT2D eigenvalue weighted by Gasteiger charge is 2.27. The lowest BCUT2D eigenvalue weighted by Gasteiger charge is -2.30. The summed E-state index contributed by atoms with van der Waals surface area (Å²) in [6.45, 7) is 10.1. The Morgan fingerprint density at radius 1 is 1.00 bits per heavy atom. The summed E-state index contributed by atoms with van der Waals surface area (Å²) in [5.74, 6) is -0.382. The zero-order valence-corrected chi connectivity index (χ0v) is 22.6. The van der Waals surface area contributed by atoms with Crippen molar-refractivity contribution in [2.45, 2.75) is 72.5 Å². The third-order valence-electron chi connectivity index (χ3n) is 6.08. The molecule has 1 N–H and O–H groups in total. The molecule has 0 bridgehead atoms. The van der Waals surface area contributed by atoms with Crippen molar-refractivity contribution in [1.29, 1.82) is 0 Å². The smallest absolute Gasteiger partial charge is 0.242 e. The van der Waals surface area contributed by atoms with E-state index < -0.39 is 16.1 Å². The zero-order chi connectivity index (χ0) is 26.2. The van der Waals surface area contributed by atoms with Gasteiger partial charge in [0.15, 0.2) is 0 Å². The number of sulfonamides is 1. The molecule has 0 aliphatic heterocycles. The summed E-state index contributed by atoms with van der Waals surface area (Å²) in [6, 6.07) is 14.5. The van der Waals surface area contributed by atoms with Gasteiger partial charge in [0.25, 0.3) is 0 Å². The molecule has 0 saturated heterocycles.